The second-order valence-electron chi connectivity index (χ2n) is 2.68. The number of Topliss-reactive ketones (excluding diaryl/α,β-unsaturated/α-hetero) is 1. The molecule has 0 saturated heterocycles. The van der Waals surface area contributed by atoms with Gasteiger partial charge in [-0.15, -0.1) is 0 Å². The van der Waals surface area contributed by atoms with Crippen molar-refractivity contribution in [2.45, 2.75) is 20.0 Å². The minimum atomic E-state index is -0.857. The Morgan fingerprint density at radius 2 is 2.20 bits per heavy atom. The maximum atomic E-state index is 12.2. The van der Waals surface area contributed by atoms with Gasteiger partial charge < -0.3 is 0 Å². The summed E-state index contributed by atoms with van der Waals surface area (Å²) in [5.74, 6) is 0.0724. The first kappa shape index (κ1) is 9.56. The van der Waals surface area contributed by atoms with Gasteiger partial charge in [-0.05, 0) is 20.9 Å². The van der Waals surface area contributed by atoms with E-state index < -0.39 is 6.17 Å². The average molecular weight is 147 g/mol. The number of hydrogen-bond donors (Lipinski definition) is 0. The van der Waals surface area contributed by atoms with E-state index in [1.54, 1.807) is 11.9 Å². The van der Waals surface area contributed by atoms with Crippen LogP contribution < -0.4 is 0 Å². The van der Waals surface area contributed by atoms with Crippen molar-refractivity contribution in [2.24, 2.45) is 0 Å². The van der Waals surface area contributed by atoms with Gasteiger partial charge in [0.1, 0.15) is 12.0 Å². The lowest BCUT2D eigenvalue weighted by atomic mass is 10.3. The van der Waals surface area contributed by atoms with E-state index in [4.69, 9.17) is 0 Å². The molecule has 0 fully saturated rings. The normalized spacial score (nSPS) is 13.7. The largest absolute Gasteiger partial charge is 0.299 e. The molecule has 0 bridgehead atoms. The van der Waals surface area contributed by atoms with Gasteiger partial charge in [-0.1, -0.05) is 0 Å². The topological polar surface area (TPSA) is 20.3 Å². The van der Waals surface area contributed by atoms with Crippen molar-refractivity contribution in [3.63, 3.8) is 0 Å². The number of ketones is 1. The van der Waals surface area contributed by atoms with Crippen molar-refractivity contribution >= 4 is 5.78 Å². The molecule has 0 saturated carbocycles. The number of carbonyl (C=O) groups excluding carboxylic acids is 1. The van der Waals surface area contributed by atoms with Crippen LogP contribution in [0.1, 0.15) is 13.8 Å². The molecule has 2 nitrogen and oxygen atoms in total. The number of nitrogens with zero attached hydrogens (tertiary/aromatic N) is 1. The summed E-state index contributed by atoms with van der Waals surface area (Å²) in [5, 5.41) is 0. The first-order valence-corrected chi connectivity index (χ1v) is 3.34. The standard InChI is InChI=1S/C7H14FNO/c1-6(8)4-9(3)5-7(2)10/h6H,4-5H2,1-3H3. The molecular formula is C7H14FNO. The van der Waals surface area contributed by atoms with Crippen molar-refractivity contribution in [3.05, 3.63) is 0 Å². The summed E-state index contributed by atoms with van der Waals surface area (Å²) in [7, 11) is 1.73. The molecule has 60 valence electrons. The van der Waals surface area contributed by atoms with E-state index in [1.165, 1.54) is 13.8 Å². The van der Waals surface area contributed by atoms with Crippen LogP contribution in [0.2, 0.25) is 0 Å². The molecule has 0 aromatic rings. The molecule has 0 aliphatic carbocycles. The van der Waals surface area contributed by atoms with Crippen LogP contribution in [0.3, 0.4) is 0 Å². The first-order valence-electron chi connectivity index (χ1n) is 3.34. The molecule has 0 aliphatic rings. The third kappa shape index (κ3) is 5.69. The molecule has 0 aromatic carbocycles. The van der Waals surface area contributed by atoms with Crippen LogP contribution in [0, 0.1) is 0 Å². The second kappa shape index (κ2) is 4.39. The van der Waals surface area contributed by atoms with Crippen LogP contribution in [0.25, 0.3) is 0 Å². The van der Waals surface area contributed by atoms with E-state index in [1.807, 2.05) is 0 Å². The van der Waals surface area contributed by atoms with Crippen molar-refractivity contribution < 1.29 is 9.18 Å². The molecule has 0 rings (SSSR count). The zero-order valence-electron chi connectivity index (χ0n) is 6.72. The van der Waals surface area contributed by atoms with Gasteiger partial charge in [-0.3, -0.25) is 9.69 Å². The first-order chi connectivity index (χ1) is 4.52. The molecule has 0 heterocycles. The fourth-order valence-electron chi connectivity index (χ4n) is 0.874. The number of likely N-dealkylation sites (N-methyl/N-ethyl adjacent to an activating group) is 1. The van der Waals surface area contributed by atoms with E-state index in [0.717, 1.165) is 0 Å². The van der Waals surface area contributed by atoms with Gasteiger partial charge in [0.05, 0.1) is 6.54 Å². The van der Waals surface area contributed by atoms with Crippen molar-refractivity contribution in [2.75, 3.05) is 20.1 Å². The summed E-state index contributed by atoms with van der Waals surface area (Å²) < 4.78 is 12.2. The number of rotatable bonds is 4. The molecule has 10 heavy (non-hydrogen) atoms. The molecule has 0 N–H and O–H groups in total. The Balaban J connectivity index is 3.43. The third-order valence-electron chi connectivity index (χ3n) is 1.06. The maximum Gasteiger partial charge on any atom is 0.143 e. The zero-order chi connectivity index (χ0) is 8.15. The van der Waals surface area contributed by atoms with Crippen molar-refractivity contribution in [1.29, 1.82) is 0 Å². The minimum absolute atomic E-state index is 0.0724. The van der Waals surface area contributed by atoms with Gasteiger partial charge in [-0.2, -0.15) is 0 Å². The summed E-state index contributed by atoms with van der Waals surface area (Å²) in [6.07, 6.45) is -0.857. The van der Waals surface area contributed by atoms with Crippen molar-refractivity contribution in [3.8, 4) is 0 Å². The minimum Gasteiger partial charge on any atom is -0.299 e. The highest BCUT2D eigenvalue weighted by Gasteiger charge is 2.05. The van der Waals surface area contributed by atoms with Crippen LogP contribution >= 0.6 is 0 Å². The Bertz CT molecular complexity index is 114. The number of hydrogen-bond acceptors (Lipinski definition) is 2. The zero-order valence-corrected chi connectivity index (χ0v) is 6.72. The maximum absolute atomic E-state index is 12.2. The Morgan fingerprint density at radius 3 is 2.50 bits per heavy atom. The Morgan fingerprint density at radius 1 is 1.70 bits per heavy atom. The molecule has 1 unspecified atom stereocenters. The van der Waals surface area contributed by atoms with Crippen LogP contribution in [-0.4, -0.2) is 37.0 Å². The molecular weight excluding hydrogens is 133 g/mol. The SMILES string of the molecule is CC(=O)CN(C)CC(C)F. The van der Waals surface area contributed by atoms with Gasteiger partial charge in [0.25, 0.3) is 0 Å². The Labute approximate surface area is 61.0 Å². The molecule has 0 spiro atoms. The van der Waals surface area contributed by atoms with Gasteiger partial charge >= 0.3 is 0 Å². The van der Waals surface area contributed by atoms with E-state index >= 15 is 0 Å². The summed E-state index contributed by atoms with van der Waals surface area (Å²) >= 11 is 0. The smallest absolute Gasteiger partial charge is 0.143 e. The lowest BCUT2D eigenvalue weighted by molar-refractivity contribution is -0.117. The predicted octanol–water partition coefficient (Wildman–Crippen LogP) is 0.865. The Kier molecular flexibility index (Phi) is 4.19. The van der Waals surface area contributed by atoms with Gasteiger partial charge in [0, 0.05) is 6.54 Å². The molecule has 0 aromatic heterocycles. The van der Waals surface area contributed by atoms with E-state index in [-0.39, 0.29) is 5.78 Å². The van der Waals surface area contributed by atoms with Crippen LogP contribution in [0.15, 0.2) is 0 Å². The van der Waals surface area contributed by atoms with E-state index in [9.17, 15) is 9.18 Å². The molecule has 0 amide bonds. The van der Waals surface area contributed by atoms with Crippen LogP contribution in [-0.2, 0) is 4.79 Å². The second-order valence-corrected chi connectivity index (χ2v) is 2.68. The number of halogens is 1. The highest BCUT2D eigenvalue weighted by Crippen LogP contribution is 1.91. The molecule has 3 heteroatoms. The molecule has 0 radical (unpaired) electrons. The fraction of sp³-hybridized carbons (Fsp3) is 0.857. The average Bonchev–Trinajstić information content (AvgIpc) is 1.58. The Hall–Kier alpha value is -0.440. The van der Waals surface area contributed by atoms with Gasteiger partial charge in [-0.25, -0.2) is 4.39 Å². The highest BCUT2D eigenvalue weighted by atomic mass is 19.1. The van der Waals surface area contributed by atoms with E-state index in [0.29, 0.717) is 13.1 Å². The monoisotopic (exact) mass is 147 g/mol. The quantitative estimate of drug-likeness (QED) is 0.588. The van der Waals surface area contributed by atoms with Gasteiger partial charge in [0.15, 0.2) is 0 Å². The van der Waals surface area contributed by atoms with Crippen molar-refractivity contribution in [1.82, 2.24) is 4.90 Å². The van der Waals surface area contributed by atoms with Crippen LogP contribution in [0.5, 0.6) is 0 Å². The predicted molar refractivity (Wildman–Crippen MR) is 38.7 cm³/mol. The third-order valence-corrected chi connectivity index (χ3v) is 1.06. The summed E-state index contributed by atoms with van der Waals surface area (Å²) in [6, 6.07) is 0. The highest BCUT2D eigenvalue weighted by molar-refractivity contribution is 5.77. The lowest BCUT2D eigenvalue weighted by Gasteiger charge is -2.14. The number of alkyl halides is 1. The van der Waals surface area contributed by atoms with E-state index in [2.05, 4.69) is 0 Å². The van der Waals surface area contributed by atoms with Crippen LogP contribution in [0.4, 0.5) is 4.39 Å². The summed E-state index contributed by atoms with van der Waals surface area (Å²) in [4.78, 5) is 12.1. The summed E-state index contributed by atoms with van der Waals surface area (Å²) in [5.41, 5.74) is 0. The molecule has 1 atom stereocenters. The summed E-state index contributed by atoms with van der Waals surface area (Å²) in [6.45, 7) is 3.66. The molecule has 0 aliphatic heterocycles. The van der Waals surface area contributed by atoms with Gasteiger partial charge in [0.2, 0.25) is 0 Å². The number of carbonyl (C=O) groups is 1. The lowest BCUT2D eigenvalue weighted by Crippen LogP contribution is -2.29. The fourth-order valence-corrected chi connectivity index (χ4v) is 0.874.